The second kappa shape index (κ2) is 11.8. The summed E-state index contributed by atoms with van der Waals surface area (Å²) < 4.78 is 10.2. The van der Waals surface area contributed by atoms with Gasteiger partial charge in [-0.05, 0) is 53.9 Å². The number of benzene rings is 2. The van der Waals surface area contributed by atoms with Crippen LogP contribution >= 0.6 is 12.4 Å². The second-order valence-electron chi connectivity index (χ2n) is 7.89. The Bertz CT molecular complexity index is 987. The Labute approximate surface area is 200 Å². The number of nitrogens with zero attached hydrogens (tertiary/aromatic N) is 2. The quantitative estimate of drug-likeness (QED) is 0.673. The zero-order valence-electron chi connectivity index (χ0n) is 18.8. The second-order valence-corrected chi connectivity index (χ2v) is 7.89. The first kappa shape index (κ1) is 24.8. The van der Waals surface area contributed by atoms with Gasteiger partial charge in [-0.25, -0.2) is 9.59 Å². The van der Waals surface area contributed by atoms with Gasteiger partial charge in [0.05, 0.1) is 32.4 Å². The van der Waals surface area contributed by atoms with Crippen LogP contribution in [0.4, 0.5) is 10.5 Å². The van der Waals surface area contributed by atoms with Crippen LogP contribution in [-0.4, -0.2) is 63.4 Å². The summed E-state index contributed by atoms with van der Waals surface area (Å²) in [5, 5.41) is 3.34. The molecule has 0 aromatic heterocycles. The van der Waals surface area contributed by atoms with Crippen LogP contribution in [0.3, 0.4) is 0 Å². The molecule has 2 heterocycles. The number of hydrogen-bond donors (Lipinski definition) is 1. The predicted molar refractivity (Wildman–Crippen MR) is 131 cm³/mol. The van der Waals surface area contributed by atoms with E-state index in [1.807, 2.05) is 34.1 Å². The summed E-state index contributed by atoms with van der Waals surface area (Å²) in [5.41, 5.74) is 4.72. The number of anilines is 1. The van der Waals surface area contributed by atoms with Crippen LogP contribution in [0.25, 0.3) is 5.57 Å². The molecule has 0 saturated carbocycles. The number of ether oxygens (including phenoxy) is 2. The molecule has 4 rings (SSSR count). The topological polar surface area (TPSA) is 71.1 Å². The SMILES string of the molecule is COC(=O)c1ccc(CN(C(=O)N2CCOCC2)c2cccc(C3=CCNCC3)c2)cc1.Cl. The first-order valence-electron chi connectivity index (χ1n) is 11.0. The third kappa shape index (κ3) is 6.13. The van der Waals surface area contributed by atoms with E-state index < -0.39 is 0 Å². The highest BCUT2D eigenvalue weighted by Crippen LogP contribution is 2.27. The number of morpholine rings is 1. The largest absolute Gasteiger partial charge is 0.465 e. The van der Waals surface area contributed by atoms with Crippen LogP contribution in [-0.2, 0) is 16.0 Å². The molecule has 2 aromatic carbocycles. The predicted octanol–water partition coefficient (Wildman–Crippen LogP) is 3.73. The van der Waals surface area contributed by atoms with Crippen molar-refractivity contribution in [3.05, 3.63) is 71.3 Å². The smallest absolute Gasteiger partial charge is 0.337 e. The maximum atomic E-state index is 13.5. The van der Waals surface area contributed by atoms with E-state index in [0.29, 0.717) is 38.4 Å². The van der Waals surface area contributed by atoms with Gasteiger partial charge in [0, 0.05) is 25.3 Å². The minimum absolute atomic E-state index is 0. The van der Waals surface area contributed by atoms with Crippen LogP contribution in [0, 0.1) is 0 Å². The fourth-order valence-corrected chi connectivity index (χ4v) is 4.00. The molecule has 33 heavy (non-hydrogen) atoms. The van der Waals surface area contributed by atoms with Crippen molar-refractivity contribution >= 4 is 35.7 Å². The van der Waals surface area contributed by atoms with Crippen molar-refractivity contribution in [2.45, 2.75) is 13.0 Å². The van der Waals surface area contributed by atoms with Crippen molar-refractivity contribution in [1.82, 2.24) is 10.2 Å². The number of esters is 1. The number of hydrogen-bond acceptors (Lipinski definition) is 5. The molecule has 2 aliphatic rings. The van der Waals surface area contributed by atoms with Gasteiger partial charge in [-0.1, -0.05) is 30.3 Å². The number of nitrogens with one attached hydrogen (secondary N) is 1. The van der Waals surface area contributed by atoms with Crippen LogP contribution < -0.4 is 10.2 Å². The normalized spacial score (nSPS) is 15.8. The molecule has 0 bridgehead atoms. The van der Waals surface area contributed by atoms with Gasteiger partial charge in [0.2, 0.25) is 0 Å². The highest BCUT2D eigenvalue weighted by Gasteiger charge is 2.25. The maximum Gasteiger partial charge on any atom is 0.337 e. The van der Waals surface area contributed by atoms with Crippen LogP contribution in [0.1, 0.15) is 27.9 Å². The maximum absolute atomic E-state index is 13.5. The summed E-state index contributed by atoms with van der Waals surface area (Å²) in [6.07, 6.45) is 3.18. The van der Waals surface area contributed by atoms with Gasteiger partial charge in [0.1, 0.15) is 0 Å². The molecule has 0 atom stereocenters. The fraction of sp³-hybridized carbons (Fsp3) is 0.360. The molecule has 1 fully saturated rings. The van der Waals surface area contributed by atoms with Gasteiger partial charge >= 0.3 is 12.0 Å². The van der Waals surface area contributed by atoms with Crippen molar-refractivity contribution in [2.24, 2.45) is 0 Å². The number of carbonyl (C=O) groups is 2. The van der Waals surface area contributed by atoms with Crippen LogP contribution in [0.2, 0.25) is 0 Å². The third-order valence-electron chi connectivity index (χ3n) is 5.82. The first-order chi connectivity index (χ1) is 15.7. The molecular weight excluding hydrogens is 442 g/mol. The van der Waals surface area contributed by atoms with Gasteiger partial charge < -0.3 is 19.7 Å². The lowest BCUT2D eigenvalue weighted by Gasteiger charge is -2.33. The van der Waals surface area contributed by atoms with E-state index in [-0.39, 0.29) is 24.4 Å². The molecule has 0 spiro atoms. The Hall–Kier alpha value is -2.87. The molecule has 0 radical (unpaired) electrons. The molecule has 2 aromatic rings. The van der Waals surface area contributed by atoms with E-state index in [0.717, 1.165) is 36.3 Å². The van der Waals surface area contributed by atoms with Crippen molar-refractivity contribution in [1.29, 1.82) is 0 Å². The van der Waals surface area contributed by atoms with Crippen LogP contribution in [0.15, 0.2) is 54.6 Å². The molecule has 176 valence electrons. The van der Waals surface area contributed by atoms with Crippen molar-refractivity contribution in [2.75, 3.05) is 51.4 Å². The van der Waals surface area contributed by atoms with Crippen LogP contribution in [0.5, 0.6) is 0 Å². The molecule has 1 saturated heterocycles. The average molecular weight is 472 g/mol. The molecule has 1 N–H and O–H groups in total. The highest BCUT2D eigenvalue weighted by molar-refractivity contribution is 5.93. The zero-order chi connectivity index (χ0) is 22.3. The van der Waals surface area contributed by atoms with Gasteiger partial charge in [0.25, 0.3) is 0 Å². The standard InChI is InChI=1S/C25H29N3O4.ClH/c1-31-24(29)21-7-5-19(6-8-21)18-28(25(30)27-13-15-32-16-14-27)23-4-2-3-22(17-23)20-9-11-26-12-10-20;/h2-9,17,26H,10-16,18H2,1H3;1H. The van der Waals surface area contributed by atoms with Gasteiger partial charge in [0.15, 0.2) is 0 Å². The van der Waals surface area contributed by atoms with E-state index in [4.69, 9.17) is 9.47 Å². The molecular formula is C25H30ClN3O4. The molecule has 8 heteroatoms. The van der Waals surface area contributed by atoms with Gasteiger partial charge in [-0.3, -0.25) is 4.90 Å². The summed E-state index contributed by atoms with van der Waals surface area (Å²) >= 11 is 0. The zero-order valence-corrected chi connectivity index (χ0v) is 19.6. The highest BCUT2D eigenvalue weighted by atomic mass is 35.5. The summed E-state index contributed by atoms with van der Waals surface area (Å²) in [4.78, 5) is 28.9. The third-order valence-corrected chi connectivity index (χ3v) is 5.82. The number of rotatable bonds is 5. The molecule has 2 amide bonds. The Morgan fingerprint density at radius 2 is 1.88 bits per heavy atom. The number of amides is 2. The number of halogens is 1. The average Bonchev–Trinajstić information content (AvgIpc) is 2.88. The molecule has 0 aliphatic carbocycles. The summed E-state index contributed by atoms with van der Waals surface area (Å²) in [6, 6.07) is 15.3. The summed E-state index contributed by atoms with van der Waals surface area (Å²) in [7, 11) is 1.36. The minimum Gasteiger partial charge on any atom is -0.465 e. The Kier molecular flexibility index (Phi) is 8.88. The van der Waals surface area contributed by atoms with E-state index >= 15 is 0 Å². The van der Waals surface area contributed by atoms with Crippen molar-refractivity contribution in [3.8, 4) is 0 Å². The lowest BCUT2D eigenvalue weighted by Crippen LogP contribution is -2.48. The molecule has 0 unspecified atom stereocenters. The summed E-state index contributed by atoms with van der Waals surface area (Å²) in [5.74, 6) is -0.374. The lowest BCUT2D eigenvalue weighted by atomic mass is 9.99. The fourth-order valence-electron chi connectivity index (χ4n) is 4.00. The minimum atomic E-state index is -0.374. The monoisotopic (exact) mass is 471 g/mol. The van der Waals surface area contributed by atoms with Crippen molar-refractivity contribution < 1.29 is 19.1 Å². The van der Waals surface area contributed by atoms with E-state index in [2.05, 4.69) is 23.5 Å². The van der Waals surface area contributed by atoms with Gasteiger partial charge in [-0.2, -0.15) is 0 Å². The molecule has 7 nitrogen and oxygen atoms in total. The van der Waals surface area contributed by atoms with Crippen molar-refractivity contribution in [3.63, 3.8) is 0 Å². The summed E-state index contributed by atoms with van der Waals surface area (Å²) in [6.45, 7) is 4.48. The van der Waals surface area contributed by atoms with E-state index in [1.54, 1.807) is 12.1 Å². The lowest BCUT2D eigenvalue weighted by molar-refractivity contribution is 0.0548. The number of urea groups is 1. The Morgan fingerprint density at radius 3 is 2.55 bits per heavy atom. The van der Waals surface area contributed by atoms with E-state index in [1.165, 1.54) is 12.7 Å². The number of methoxy groups -OCH3 is 1. The molecule has 2 aliphatic heterocycles. The first-order valence-corrected chi connectivity index (χ1v) is 11.0. The Balaban J connectivity index is 0.00000306. The van der Waals surface area contributed by atoms with E-state index in [9.17, 15) is 9.59 Å². The Morgan fingerprint density at radius 1 is 1.12 bits per heavy atom. The number of carbonyl (C=O) groups excluding carboxylic acids is 2. The van der Waals surface area contributed by atoms with Gasteiger partial charge in [-0.15, -0.1) is 12.4 Å².